The fraction of sp³-hybridized carbons (Fsp3) is 0.207. The smallest absolute Gasteiger partial charge is 0.262 e. The van der Waals surface area contributed by atoms with Gasteiger partial charge in [-0.05, 0) is 48.7 Å². The first-order chi connectivity index (χ1) is 17.3. The average molecular weight is 501 g/mol. The molecule has 0 bridgehead atoms. The Morgan fingerprint density at radius 2 is 1.69 bits per heavy atom. The van der Waals surface area contributed by atoms with Crippen molar-refractivity contribution in [2.75, 3.05) is 0 Å². The summed E-state index contributed by atoms with van der Waals surface area (Å²) in [6.07, 6.45) is 3.64. The fourth-order valence-corrected chi connectivity index (χ4v) is 4.12. The van der Waals surface area contributed by atoms with Gasteiger partial charge < -0.3 is 9.88 Å². The van der Waals surface area contributed by atoms with E-state index in [-0.39, 0.29) is 17.7 Å². The maximum absolute atomic E-state index is 12.9. The van der Waals surface area contributed by atoms with Gasteiger partial charge in [0.2, 0.25) is 0 Å². The summed E-state index contributed by atoms with van der Waals surface area (Å²) in [5.74, 6) is -0.777. The molecule has 2 amide bonds. The third-order valence-corrected chi connectivity index (χ3v) is 6.27. The molecule has 0 spiro atoms. The minimum Gasteiger partial charge on any atom is -0.342 e. The predicted octanol–water partition coefficient (Wildman–Crippen LogP) is 5.56. The molecule has 36 heavy (non-hydrogen) atoms. The fourth-order valence-electron chi connectivity index (χ4n) is 3.99. The van der Waals surface area contributed by atoms with Gasteiger partial charge in [0.15, 0.2) is 0 Å². The highest BCUT2D eigenvalue weighted by molar-refractivity contribution is 6.30. The minimum atomic E-state index is -0.720. The van der Waals surface area contributed by atoms with E-state index < -0.39 is 6.04 Å². The van der Waals surface area contributed by atoms with E-state index in [4.69, 9.17) is 11.6 Å². The Kier molecular flexibility index (Phi) is 7.86. The Morgan fingerprint density at radius 1 is 1.00 bits per heavy atom. The molecule has 0 fully saturated rings. The van der Waals surface area contributed by atoms with Crippen LogP contribution in [0, 0.1) is 12.8 Å². The Balaban J connectivity index is 1.47. The van der Waals surface area contributed by atoms with Gasteiger partial charge in [-0.2, -0.15) is 5.10 Å². The zero-order valence-electron chi connectivity index (χ0n) is 20.5. The summed E-state index contributed by atoms with van der Waals surface area (Å²) in [5.41, 5.74) is 7.24. The molecule has 1 unspecified atom stereocenters. The van der Waals surface area contributed by atoms with Crippen LogP contribution in [0.3, 0.4) is 0 Å². The van der Waals surface area contributed by atoms with Crippen molar-refractivity contribution in [3.63, 3.8) is 0 Å². The van der Waals surface area contributed by atoms with E-state index in [9.17, 15) is 9.59 Å². The Bertz CT molecular complexity index is 1390. The number of nitrogens with zero attached hydrogens (tertiary/aromatic N) is 2. The Labute approximate surface area is 216 Å². The van der Waals surface area contributed by atoms with Crippen molar-refractivity contribution in [1.29, 1.82) is 0 Å². The lowest BCUT2D eigenvalue weighted by Gasteiger charge is -2.20. The van der Waals surface area contributed by atoms with Crippen LogP contribution in [0.4, 0.5) is 0 Å². The van der Waals surface area contributed by atoms with Gasteiger partial charge >= 0.3 is 0 Å². The Morgan fingerprint density at radius 3 is 2.39 bits per heavy atom. The zero-order chi connectivity index (χ0) is 25.7. The summed E-state index contributed by atoms with van der Waals surface area (Å²) < 4.78 is 2.14. The van der Waals surface area contributed by atoms with Crippen LogP contribution in [0.2, 0.25) is 5.02 Å². The third-order valence-electron chi connectivity index (χ3n) is 6.01. The number of para-hydroxylation sites is 1. The van der Waals surface area contributed by atoms with Crippen molar-refractivity contribution >= 4 is 40.5 Å². The zero-order valence-corrected chi connectivity index (χ0v) is 21.3. The lowest BCUT2D eigenvalue weighted by Crippen LogP contribution is -2.48. The topological polar surface area (TPSA) is 75.5 Å². The van der Waals surface area contributed by atoms with Gasteiger partial charge in [-0.1, -0.05) is 73.5 Å². The SMILES string of the molecule is Cc1ccc(C(=O)NC(C(=O)N/N=C\c2cn(Cc3ccc(Cl)cc3)c3ccccc23)C(C)C)cc1. The second-order valence-electron chi connectivity index (χ2n) is 9.15. The van der Waals surface area contributed by atoms with Crippen molar-refractivity contribution in [3.05, 3.63) is 106 Å². The van der Waals surface area contributed by atoms with Crippen molar-refractivity contribution < 1.29 is 9.59 Å². The van der Waals surface area contributed by atoms with E-state index in [1.807, 2.05) is 81.6 Å². The number of carbonyl (C=O) groups is 2. The van der Waals surface area contributed by atoms with E-state index in [2.05, 4.69) is 26.5 Å². The van der Waals surface area contributed by atoms with Crippen molar-refractivity contribution in [2.24, 2.45) is 11.0 Å². The first-order valence-electron chi connectivity index (χ1n) is 11.8. The molecule has 4 rings (SSSR count). The summed E-state index contributed by atoms with van der Waals surface area (Å²) in [6.45, 7) is 6.40. The van der Waals surface area contributed by atoms with Gasteiger partial charge in [0.05, 0.1) is 6.21 Å². The highest BCUT2D eigenvalue weighted by Crippen LogP contribution is 2.22. The van der Waals surface area contributed by atoms with Crippen LogP contribution in [-0.4, -0.2) is 28.6 Å². The quantitative estimate of drug-likeness (QED) is 0.245. The number of carbonyl (C=O) groups excluding carboxylic acids is 2. The number of halogens is 1. The van der Waals surface area contributed by atoms with Crippen LogP contribution >= 0.6 is 11.6 Å². The second-order valence-corrected chi connectivity index (χ2v) is 9.59. The van der Waals surface area contributed by atoms with Crippen molar-refractivity contribution in [3.8, 4) is 0 Å². The minimum absolute atomic E-state index is 0.115. The van der Waals surface area contributed by atoms with Gasteiger partial charge in [-0.3, -0.25) is 9.59 Å². The molecule has 2 N–H and O–H groups in total. The number of hydrogen-bond acceptors (Lipinski definition) is 3. The highest BCUT2D eigenvalue weighted by atomic mass is 35.5. The molecule has 0 aliphatic rings. The summed E-state index contributed by atoms with van der Waals surface area (Å²) in [5, 5.41) is 8.77. The van der Waals surface area contributed by atoms with E-state index in [0.29, 0.717) is 17.1 Å². The Hall–Kier alpha value is -3.90. The van der Waals surface area contributed by atoms with Gasteiger partial charge in [0, 0.05) is 39.8 Å². The van der Waals surface area contributed by atoms with Crippen LogP contribution in [0.25, 0.3) is 10.9 Å². The summed E-state index contributed by atoms with van der Waals surface area (Å²) >= 11 is 6.02. The molecule has 0 aliphatic carbocycles. The number of amides is 2. The van der Waals surface area contributed by atoms with Crippen molar-refractivity contribution in [1.82, 2.24) is 15.3 Å². The van der Waals surface area contributed by atoms with Gasteiger partial charge in [0.25, 0.3) is 11.8 Å². The highest BCUT2D eigenvalue weighted by Gasteiger charge is 2.24. The monoisotopic (exact) mass is 500 g/mol. The van der Waals surface area contributed by atoms with Crippen LogP contribution < -0.4 is 10.7 Å². The van der Waals surface area contributed by atoms with E-state index >= 15 is 0 Å². The number of hydrazone groups is 1. The van der Waals surface area contributed by atoms with Gasteiger partial charge in [0.1, 0.15) is 6.04 Å². The lowest BCUT2D eigenvalue weighted by molar-refractivity contribution is -0.123. The summed E-state index contributed by atoms with van der Waals surface area (Å²) in [7, 11) is 0. The molecule has 4 aromatic rings. The molecular weight excluding hydrogens is 472 g/mol. The average Bonchev–Trinajstić information content (AvgIpc) is 3.21. The molecule has 1 atom stereocenters. The maximum Gasteiger partial charge on any atom is 0.262 e. The molecule has 184 valence electrons. The third kappa shape index (κ3) is 6.01. The van der Waals surface area contributed by atoms with Crippen LogP contribution in [0.5, 0.6) is 0 Å². The number of nitrogens with one attached hydrogen (secondary N) is 2. The summed E-state index contributed by atoms with van der Waals surface area (Å²) in [6, 6.07) is 22.3. The molecule has 0 radical (unpaired) electrons. The van der Waals surface area contributed by atoms with Crippen molar-refractivity contribution in [2.45, 2.75) is 33.4 Å². The van der Waals surface area contributed by atoms with Gasteiger partial charge in [-0.15, -0.1) is 0 Å². The molecule has 3 aromatic carbocycles. The van der Waals surface area contributed by atoms with E-state index in [1.54, 1.807) is 18.3 Å². The standard InChI is InChI=1S/C29H29ClN4O2/c1-19(2)27(32-28(35)22-12-8-20(3)9-13-22)29(36)33-31-16-23-18-34(26-7-5-4-6-25(23)26)17-21-10-14-24(30)15-11-21/h4-16,18-19,27H,17H2,1-3H3,(H,32,35)(H,33,36)/b31-16-. The molecule has 0 saturated heterocycles. The molecule has 1 aromatic heterocycles. The number of aryl methyl sites for hydroxylation is 1. The van der Waals surface area contributed by atoms with Crippen LogP contribution in [0.1, 0.15) is 40.9 Å². The molecule has 6 nitrogen and oxygen atoms in total. The van der Waals surface area contributed by atoms with E-state index in [1.165, 1.54) is 0 Å². The summed E-state index contributed by atoms with van der Waals surface area (Å²) in [4.78, 5) is 25.5. The maximum atomic E-state index is 12.9. The number of hydrogen-bond donors (Lipinski definition) is 2. The number of benzene rings is 3. The van der Waals surface area contributed by atoms with E-state index in [0.717, 1.165) is 27.6 Å². The largest absolute Gasteiger partial charge is 0.342 e. The second kappa shape index (κ2) is 11.2. The molecule has 0 aliphatic heterocycles. The van der Waals surface area contributed by atoms with Crippen LogP contribution in [0.15, 0.2) is 84.1 Å². The molecular formula is C29H29ClN4O2. The number of fused-ring (bicyclic) bond motifs is 1. The first kappa shape index (κ1) is 25.2. The normalized spacial score (nSPS) is 12.2. The first-order valence-corrected chi connectivity index (χ1v) is 12.2. The van der Waals surface area contributed by atoms with Gasteiger partial charge in [-0.25, -0.2) is 5.43 Å². The number of rotatable bonds is 8. The van der Waals surface area contributed by atoms with Crippen LogP contribution in [-0.2, 0) is 11.3 Å². The lowest BCUT2D eigenvalue weighted by atomic mass is 10.0. The molecule has 1 heterocycles. The molecule has 7 heteroatoms. The number of aromatic nitrogens is 1. The molecule has 0 saturated carbocycles. The predicted molar refractivity (Wildman–Crippen MR) is 145 cm³/mol.